The lowest BCUT2D eigenvalue weighted by atomic mass is 10.2. The van der Waals surface area contributed by atoms with E-state index in [1.807, 2.05) is 0 Å². The minimum atomic E-state index is -4.16. The predicted octanol–water partition coefficient (Wildman–Crippen LogP) is 2.68. The summed E-state index contributed by atoms with van der Waals surface area (Å²) in [6, 6.07) is 7.69. The summed E-state index contributed by atoms with van der Waals surface area (Å²) in [5.74, 6) is -2.22. The second-order valence-electron chi connectivity index (χ2n) is 4.26. The molecule has 0 aliphatic heterocycles. The highest BCUT2D eigenvalue weighted by molar-refractivity contribution is 7.89. The molecule has 0 aliphatic rings. The van der Waals surface area contributed by atoms with Gasteiger partial charge in [-0.05, 0) is 23.8 Å². The Morgan fingerprint density at radius 1 is 1.14 bits per heavy atom. The van der Waals surface area contributed by atoms with E-state index in [4.69, 9.17) is 17.3 Å². The molecule has 4 nitrogen and oxygen atoms in total. The topological polar surface area (TPSA) is 72.2 Å². The van der Waals surface area contributed by atoms with Crippen molar-refractivity contribution in [1.82, 2.24) is 4.72 Å². The number of hydrogen-bond acceptors (Lipinski definition) is 3. The maximum Gasteiger partial charge on any atom is 0.243 e. The summed E-state index contributed by atoms with van der Waals surface area (Å²) in [7, 11) is -4.16. The summed E-state index contributed by atoms with van der Waals surface area (Å²) < 4.78 is 52.9. The van der Waals surface area contributed by atoms with Crippen molar-refractivity contribution in [2.24, 2.45) is 0 Å². The molecule has 0 aliphatic carbocycles. The SMILES string of the molecule is Nc1cc(S(=O)(=O)NCc2cccc(Cl)c2)c(F)cc1F. The Morgan fingerprint density at radius 3 is 2.52 bits per heavy atom. The second-order valence-corrected chi connectivity index (χ2v) is 6.43. The molecule has 0 heterocycles. The average molecular weight is 333 g/mol. The summed E-state index contributed by atoms with van der Waals surface area (Å²) in [5.41, 5.74) is 5.42. The lowest BCUT2D eigenvalue weighted by Gasteiger charge is -2.09. The van der Waals surface area contributed by atoms with Gasteiger partial charge in [-0.1, -0.05) is 23.7 Å². The molecule has 3 N–H and O–H groups in total. The van der Waals surface area contributed by atoms with Crippen LogP contribution < -0.4 is 10.5 Å². The van der Waals surface area contributed by atoms with Gasteiger partial charge in [0, 0.05) is 17.6 Å². The largest absolute Gasteiger partial charge is 0.396 e. The van der Waals surface area contributed by atoms with Gasteiger partial charge >= 0.3 is 0 Å². The Balaban J connectivity index is 2.25. The smallest absolute Gasteiger partial charge is 0.243 e. The van der Waals surface area contributed by atoms with Gasteiger partial charge in [0.05, 0.1) is 5.69 Å². The molecule has 0 aromatic heterocycles. The molecule has 0 spiro atoms. The second kappa shape index (κ2) is 5.97. The van der Waals surface area contributed by atoms with E-state index in [0.717, 1.165) is 6.07 Å². The molecule has 0 atom stereocenters. The van der Waals surface area contributed by atoms with Crippen LogP contribution in [0.3, 0.4) is 0 Å². The van der Waals surface area contributed by atoms with Crippen LogP contribution in [0.4, 0.5) is 14.5 Å². The maximum atomic E-state index is 13.6. The summed E-state index contributed by atoms with van der Waals surface area (Å²) in [6.07, 6.45) is 0. The summed E-state index contributed by atoms with van der Waals surface area (Å²) >= 11 is 5.78. The third-order valence-electron chi connectivity index (χ3n) is 2.70. The van der Waals surface area contributed by atoms with Crippen molar-refractivity contribution in [2.75, 3.05) is 5.73 Å². The van der Waals surface area contributed by atoms with E-state index in [2.05, 4.69) is 4.72 Å². The minimum absolute atomic E-state index is 0.0837. The highest BCUT2D eigenvalue weighted by atomic mass is 35.5. The molecule has 0 fully saturated rings. The first-order chi connectivity index (χ1) is 9.79. The zero-order chi connectivity index (χ0) is 15.6. The normalized spacial score (nSPS) is 11.6. The number of nitrogens with two attached hydrogens (primary N) is 1. The molecule has 2 aromatic rings. The first-order valence-corrected chi connectivity index (χ1v) is 7.64. The third kappa shape index (κ3) is 3.69. The van der Waals surface area contributed by atoms with E-state index in [9.17, 15) is 17.2 Å². The van der Waals surface area contributed by atoms with E-state index in [1.165, 1.54) is 0 Å². The molecule has 0 saturated carbocycles. The lowest BCUT2D eigenvalue weighted by Crippen LogP contribution is -2.24. The zero-order valence-electron chi connectivity index (χ0n) is 10.6. The number of nitrogen functional groups attached to an aromatic ring is 1. The van der Waals surface area contributed by atoms with Crippen LogP contribution in [-0.2, 0) is 16.6 Å². The van der Waals surface area contributed by atoms with Crippen molar-refractivity contribution in [3.8, 4) is 0 Å². The van der Waals surface area contributed by atoms with E-state index >= 15 is 0 Å². The van der Waals surface area contributed by atoms with Gasteiger partial charge in [0.15, 0.2) is 0 Å². The molecule has 21 heavy (non-hydrogen) atoms. The summed E-state index contributed by atoms with van der Waals surface area (Å²) in [6.45, 7) is -0.0837. The van der Waals surface area contributed by atoms with Crippen molar-refractivity contribution in [3.63, 3.8) is 0 Å². The number of anilines is 1. The molecule has 2 aromatic carbocycles. The number of halogens is 3. The van der Waals surface area contributed by atoms with Gasteiger partial charge in [-0.25, -0.2) is 21.9 Å². The van der Waals surface area contributed by atoms with Gasteiger partial charge in [-0.15, -0.1) is 0 Å². The van der Waals surface area contributed by atoms with Gasteiger partial charge in [0.2, 0.25) is 10.0 Å². The average Bonchev–Trinajstić information content (AvgIpc) is 2.41. The Kier molecular flexibility index (Phi) is 4.46. The van der Waals surface area contributed by atoms with E-state index in [1.54, 1.807) is 24.3 Å². The van der Waals surface area contributed by atoms with Crippen LogP contribution in [0.5, 0.6) is 0 Å². The Bertz CT molecular complexity index is 782. The fourth-order valence-electron chi connectivity index (χ4n) is 1.65. The first-order valence-electron chi connectivity index (χ1n) is 5.78. The van der Waals surface area contributed by atoms with Crippen LogP contribution in [-0.4, -0.2) is 8.42 Å². The number of nitrogens with one attached hydrogen (secondary N) is 1. The van der Waals surface area contributed by atoms with Gasteiger partial charge in [0.1, 0.15) is 16.5 Å². The maximum absolute atomic E-state index is 13.6. The quantitative estimate of drug-likeness (QED) is 0.845. The minimum Gasteiger partial charge on any atom is -0.396 e. The fourth-order valence-corrected chi connectivity index (χ4v) is 2.98. The van der Waals surface area contributed by atoms with E-state index in [0.29, 0.717) is 16.7 Å². The Hall–Kier alpha value is -1.70. The molecule has 0 unspecified atom stereocenters. The van der Waals surface area contributed by atoms with Gasteiger partial charge in [-0.3, -0.25) is 0 Å². The number of hydrogen-bond donors (Lipinski definition) is 2. The molecular weight excluding hydrogens is 322 g/mol. The first kappa shape index (κ1) is 15.7. The molecule has 0 saturated heterocycles. The molecule has 8 heteroatoms. The highest BCUT2D eigenvalue weighted by Crippen LogP contribution is 2.21. The Labute approximate surface area is 125 Å². The van der Waals surface area contributed by atoms with Crippen molar-refractivity contribution in [3.05, 3.63) is 58.6 Å². The van der Waals surface area contributed by atoms with Crippen LogP contribution in [0.25, 0.3) is 0 Å². The van der Waals surface area contributed by atoms with Crippen LogP contribution in [0.1, 0.15) is 5.56 Å². The molecule has 0 bridgehead atoms. The number of benzene rings is 2. The summed E-state index contributed by atoms with van der Waals surface area (Å²) in [5, 5.41) is 0.448. The van der Waals surface area contributed by atoms with Crippen LogP contribution in [0.2, 0.25) is 5.02 Å². The third-order valence-corrected chi connectivity index (χ3v) is 4.35. The summed E-state index contributed by atoms with van der Waals surface area (Å²) in [4.78, 5) is -0.705. The van der Waals surface area contributed by atoms with Crippen LogP contribution in [0, 0.1) is 11.6 Å². The molecule has 2 rings (SSSR count). The van der Waals surface area contributed by atoms with E-state index < -0.39 is 32.2 Å². The van der Waals surface area contributed by atoms with Gasteiger partial charge < -0.3 is 5.73 Å². The monoisotopic (exact) mass is 332 g/mol. The fraction of sp³-hybridized carbons (Fsp3) is 0.0769. The number of sulfonamides is 1. The molecule has 112 valence electrons. The highest BCUT2D eigenvalue weighted by Gasteiger charge is 2.21. The molecule has 0 radical (unpaired) electrons. The van der Waals surface area contributed by atoms with Crippen molar-refractivity contribution in [1.29, 1.82) is 0 Å². The van der Waals surface area contributed by atoms with Gasteiger partial charge in [-0.2, -0.15) is 0 Å². The molecular formula is C13H11ClF2N2O2S. The van der Waals surface area contributed by atoms with Crippen molar-refractivity contribution in [2.45, 2.75) is 11.4 Å². The molecule has 0 amide bonds. The number of rotatable bonds is 4. The van der Waals surface area contributed by atoms with Crippen LogP contribution in [0.15, 0.2) is 41.3 Å². The predicted molar refractivity (Wildman–Crippen MR) is 76.2 cm³/mol. The van der Waals surface area contributed by atoms with Crippen molar-refractivity contribution >= 4 is 27.3 Å². The lowest BCUT2D eigenvalue weighted by molar-refractivity contribution is 0.544. The zero-order valence-corrected chi connectivity index (χ0v) is 12.2. The van der Waals surface area contributed by atoms with Crippen molar-refractivity contribution < 1.29 is 17.2 Å². The van der Waals surface area contributed by atoms with E-state index in [-0.39, 0.29) is 6.54 Å². The van der Waals surface area contributed by atoms with Crippen LogP contribution >= 0.6 is 11.6 Å². The van der Waals surface area contributed by atoms with Gasteiger partial charge in [0.25, 0.3) is 0 Å². The Morgan fingerprint density at radius 2 is 1.86 bits per heavy atom. The standard InChI is InChI=1S/C13H11ClF2N2O2S/c14-9-3-1-2-8(4-9)7-18-21(19,20)13-6-12(17)10(15)5-11(13)16/h1-6,18H,7,17H2.